The number of amides is 1. The lowest BCUT2D eigenvalue weighted by atomic mass is 10.2. The summed E-state index contributed by atoms with van der Waals surface area (Å²) in [6.45, 7) is 3.22. The molecule has 1 N–H and O–H groups in total. The fourth-order valence-electron chi connectivity index (χ4n) is 2.17. The van der Waals surface area contributed by atoms with E-state index in [2.05, 4.69) is 5.32 Å². The average Bonchev–Trinajstić information content (AvgIpc) is 2.60. The van der Waals surface area contributed by atoms with Gasteiger partial charge in [-0.3, -0.25) is 4.79 Å². The van der Waals surface area contributed by atoms with E-state index < -0.39 is 28.3 Å². The molecule has 9 heteroatoms. The van der Waals surface area contributed by atoms with Crippen molar-refractivity contribution in [3.05, 3.63) is 53.1 Å². The average molecular weight is 426 g/mol. The molecule has 2 rings (SSSR count). The van der Waals surface area contributed by atoms with Gasteiger partial charge >= 0.3 is 5.97 Å². The minimum Gasteiger partial charge on any atom is -0.491 e. The largest absolute Gasteiger partial charge is 0.491 e. The number of esters is 1. The van der Waals surface area contributed by atoms with E-state index in [1.54, 1.807) is 12.1 Å². The lowest BCUT2D eigenvalue weighted by Crippen LogP contribution is -2.21. The van der Waals surface area contributed by atoms with Gasteiger partial charge in [-0.2, -0.15) is 0 Å². The summed E-state index contributed by atoms with van der Waals surface area (Å²) in [6.07, 6.45) is 1.05. The van der Waals surface area contributed by atoms with Gasteiger partial charge in [0.15, 0.2) is 16.4 Å². The third-order valence-electron chi connectivity index (χ3n) is 3.44. The Kier molecular flexibility index (Phi) is 7.04. The second-order valence-electron chi connectivity index (χ2n) is 6.23. The summed E-state index contributed by atoms with van der Waals surface area (Å²) in [5, 5.41) is 2.59. The zero-order chi connectivity index (χ0) is 20.9. The Bertz CT molecular complexity index is 970. The highest BCUT2D eigenvalue weighted by atomic mass is 35.5. The summed E-state index contributed by atoms with van der Waals surface area (Å²) >= 11 is 5.97. The highest BCUT2D eigenvalue weighted by Gasteiger charge is 2.14. The van der Waals surface area contributed by atoms with Gasteiger partial charge in [0.05, 0.1) is 27.3 Å². The molecular weight excluding hydrogens is 406 g/mol. The normalized spacial score (nSPS) is 11.2. The van der Waals surface area contributed by atoms with Gasteiger partial charge in [-0.15, -0.1) is 0 Å². The van der Waals surface area contributed by atoms with Gasteiger partial charge < -0.3 is 14.8 Å². The fourth-order valence-corrected chi connectivity index (χ4v) is 2.99. The van der Waals surface area contributed by atoms with Gasteiger partial charge in [-0.05, 0) is 56.3 Å². The van der Waals surface area contributed by atoms with E-state index in [-0.39, 0.29) is 27.3 Å². The maximum absolute atomic E-state index is 12.0. The first-order chi connectivity index (χ1) is 13.1. The molecule has 0 spiro atoms. The van der Waals surface area contributed by atoms with Crippen LogP contribution in [0.2, 0.25) is 5.02 Å². The lowest BCUT2D eigenvalue weighted by molar-refractivity contribution is -0.119. The standard InChI is InChI=1S/C19H20ClNO6S/c1-12(2)27-14-6-4-13(5-7-14)19(23)26-11-18(22)21-17-10-15(28(3,24)25)8-9-16(17)20/h4-10,12H,11H2,1-3H3,(H,21,22). The fraction of sp³-hybridized carbons (Fsp3) is 0.263. The van der Waals surface area contributed by atoms with Gasteiger partial charge in [-0.1, -0.05) is 11.6 Å². The van der Waals surface area contributed by atoms with Crippen LogP contribution < -0.4 is 10.1 Å². The molecule has 0 unspecified atom stereocenters. The van der Waals surface area contributed by atoms with E-state index in [0.29, 0.717) is 5.75 Å². The quantitative estimate of drug-likeness (QED) is 0.683. The second kappa shape index (κ2) is 9.07. The lowest BCUT2D eigenvalue weighted by Gasteiger charge is -2.11. The summed E-state index contributed by atoms with van der Waals surface area (Å²) in [7, 11) is -3.46. The molecule has 0 radical (unpaired) electrons. The van der Waals surface area contributed by atoms with Crippen LogP contribution in [0.25, 0.3) is 0 Å². The molecule has 2 aromatic carbocycles. The molecule has 7 nitrogen and oxygen atoms in total. The number of rotatable bonds is 7. The number of nitrogens with one attached hydrogen (secondary N) is 1. The Hall–Kier alpha value is -2.58. The first-order valence-electron chi connectivity index (χ1n) is 8.29. The summed E-state index contributed by atoms with van der Waals surface area (Å²) in [6, 6.07) is 10.3. The smallest absolute Gasteiger partial charge is 0.338 e. The number of anilines is 1. The van der Waals surface area contributed by atoms with Gasteiger partial charge in [-0.25, -0.2) is 13.2 Å². The van der Waals surface area contributed by atoms with E-state index in [0.717, 1.165) is 6.26 Å². The maximum atomic E-state index is 12.0. The van der Waals surface area contributed by atoms with Crippen molar-refractivity contribution in [3.63, 3.8) is 0 Å². The first-order valence-corrected chi connectivity index (χ1v) is 10.6. The van der Waals surface area contributed by atoms with Gasteiger partial charge in [0.2, 0.25) is 0 Å². The third kappa shape index (κ3) is 6.24. The molecule has 0 heterocycles. The molecule has 150 valence electrons. The maximum Gasteiger partial charge on any atom is 0.338 e. The molecule has 0 aliphatic carbocycles. The monoisotopic (exact) mass is 425 g/mol. The predicted octanol–water partition coefficient (Wildman–Crippen LogP) is 3.33. The third-order valence-corrected chi connectivity index (χ3v) is 4.88. The van der Waals surface area contributed by atoms with Crippen LogP contribution in [-0.2, 0) is 19.4 Å². The van der Waals surface area contributed by atoms with Crippen LogP contribution in [0.3, 0.4) is 0 Å². The summed E-state index contributed by atoms with van der Waals surface area (Å²) in [5.74, 6) is -0.715. The number of sulfone groups is 1. The van der Waals surface area contributed by atoms with Crippen molar-refractivity contribution >= 4 is 39.0 Å². The molecular formula is C19H20ClNO6S. The van der Waals surface area contributed by atoms with Crippen molar-refractivity contribution in [2.24, 2.45) is 0 Å². The molecule has 0 atom stereocenters. The van der Waals surface area contributed by atoms with E-state index in [1.165, 1.54) is 30.3 Å². The number of carbonyl (C=O) groups is 2. The Morgan fingerprint density at radius 1 is 1.11 bits per heavy atom. The van der Waals surface area contributed by atoms with Crippen molar-refractivity contribution < 1.29 is 27.5 Å². The van der Waals surface area contributed by atoms with Crippen molar-refractivity contribution in [1.29, 1.82) is 0 Å². The molecule has 0 bridgehead atoms. The number of hydrogen-bond acceptors (Lipinski definition) is 6. The van der Waals surface area contributed by atoms with Crippen LogP contribution in [0.1, 0.15) is 24.2 Å². The van der Waals surface area contributed by atoms with Crippen LogP contribution in [-0.4, -0.2) is 39.3 Å². The molecule has 0 saturated carbocycles. The van der Waals surface area contributed by atoms with Crippen LogP contribution in [0.4, 0.5) is 5.69 Å². The molecule has 0 fully saturated rings. The zero-order valence-electron chi connectivity index (χ0n) is 15.6. The molecule has 2 aromatic rings. The number of hydrogen-bond donors (Lipinski definition) is 1. The summed E-state index contributed by atoms with van der Waals surface area (Å²) < 4.78 is 33.7. The summed E-state index contributed by atoms with van der Waals surface area (Å²) in [4.78, 5) is 24.1. The number of benzene rings is 2. The van der Waals surface area contributed by atoms with Crippen LogP contribution in [0.15, 0.2) is 47.4 Å². The minimum absolute atomic E-state index is 0.00732. The number of ether oxygens (including phenoxy) is 2. The molecule has 0 aliphatic heterocycles. The van der Waals surface area contributed by atoms with Crippen molar-refractivity contribution in [2.45, 2.75) is 24.8 Å². The van der Waals surface area contributed by atoms with Gasteiger partial charge in [0.1, 0.15) is 5.75 Å². The second-order valence-corrected chi connectivity index (χ2v) is 8.65. The predicted molar refractivity (Wildman–Crippen MR) is 106 cm³/mol. The van der Waals surface area contributed by atoms with Crippen molar-refractivity contribution in [3.8, 4) is 5.75 Å². The van der Waals surface area contributed by atoms with Crippen LogP contribution in [0.5, 0.6) is 5.75 Å². The Morgan fingerprint density at radius 2 is 1.75 bits per heavy atom. The van der Waals surface area contributed by atoms with E-state index in [4.69, 9.17) is 21.1 Å². The van der Waals surface area contributed by atoms with Crippen molar-refractivity contribution in [2.75, 3.05) is 18.2 Å². The Labute approximate surface area is 168 Å². The topological polar surface area (TPSA) is 98.8 Å². The van der Waals surface area contributed by atoms with Gasteiger partial charge in [0.25, 0.3) is 5.91 Å². The summed E-state index contributed by atoms with van der Waals surface area (Å²) in [5.41, 5.74) is 0.377. The zero-order valence-corrected chi connectivity index (χ0v) is 17.1. The molecule has 0 aliphatic rings. The number of carbonyl (C=O) groups excluding carboxylic acids is 2. The highest BCUT2D eigenvalue weighted by Crippen LogP contribution is 2.25. The SMILES string of the molecule is CC(C)Oc1ccc(C(=O)OCC(=O)Nc2cc(S(C)(=O)=O)ccc2Cl)cc1. The minimum atomic E-state index is -3.46. The van der Waals surface area contributed by atoms with E-state index in [9.17, 15) is 18.0 Å². The molecule has 28 heavy (non-hydrogen) atoms. The van der Waals surface area contributed by atoms with Crippen LogP contribution in [0, 0.1) is 0 Å². The molecule has 1 amide bonds. The Morgan fingerprint density at radius 3 is 2.32 bits per heavy atom. The highest BCUT2D eigenvalue weighted by molar-refractivity contribution is 7.90. The Balaban J connectivity index is 1.96. The van der Waals surface area contributed by atoms with E-state index >= 15 is 0 Å². The first kappa shape index (κ1) is 21.7. The number of halogens is 1. The van der Waals surface area contributed by atoms with Crippen LogP contribution >= 0.6 is 11.6 Å². The molecule has 0 saturated heterocycles. The van der Waals surface area contributed by atoms with E-state index in [1.807, 2.05) is 13.8 Å². The molecule has 0 aromatic heterocycles. The van der Waals surface area contributed by atoms with Crippen molar-refractivity contribution in [1.82, 2.24) is 0 Å². The van der Waals surface area contributed by atoms with Gasteiger partial charge in [0, 0.05) is 6.26 Å².